The van der Waals surface area contributed by atoms with Gasteiger partial charge in [0.15, 0.2) is 0 Å². The molecule has 0 bridgehead atoms. The molecule has 0 radical (unpaired) electrons. The van der Waals surface area contributed by atoms with Crippen molar-refractivity contribution in [2.45, 2.75) is 32.4 Å². The molecule has 0 aliphatic heterocycles. The summed E-state index contributed by atoms with van der Waals surface area (Å²) in [7, 11) is 0. The maximum absolute atomic E-state index is 12.9. The van der Waals surface area contributed by atoms with E-state index in [4.69, 9.17) is 0 Å². The van der Waals surface area contributed by atoms with Crippen molar-refractivity contribution in [2.24, 2.45) is 0 Å². The predicted octanol–water partition coefficient (Wildman–Crippen LogP) is 5.16. The molecule has 3 heteroatoms. The molecule has 0 unspecified atom stereocenters. The van der Waals surface area contributed by atoms with Crippen molar-refractivity contribution >= 4 is 10.8 Å². The summed E-state index contributed by atoms with van der Waals surface area (Å²) in [6, 6.07) is 9.68. The molecule has 0 heterocycles. The lowest BCUT2D eigenvalue weighted by Gasteiger charge is -2.23. The standard InChI is InChI=1S/C15H15F3/c1-14(2,3)13-9-11(15(16,17)18)8-10-6-4-5-7-12(10)13/h4-9H,1-3H3. The van der Waals surface area contributed by atoms with Crippen LogP contribution in [0.1, 0.15) is 31.9 Å². The van der Waals surface area contributed by atoms with E-state index in [0.717, 1.165) is 10.9 Å². The van der Waals surface area contributed by atoms with E-state index < -0.39 is 11.7 Å². The molecule has 2 rings (SSSR count). The molecule has 0 saturated carbocycles. The first-order valence-electron chi connectivity index (χ1n) is 5.80. The highest BCUT2D eigenvalue weighted by molar-refractivity contribution is 5.87. The van der Waals surface area contributed by atoms with Crippen molar-refractivity contribution in [3.8, 4) is 0 Å². The normalized spacial score (nSPS) is 13.0. The number of benzene rings is 2. The monoisotopic (exact) mass is 252 g/mol. The Morgan fingerprint density at radius 1 is 0.889 bits per heavy atom. The van der Waals surface area contributed by atoms with Gasteiger partial charge < -0.3 is 0 Å². The molecule has 18 heavy (non-hydrogen) atoms. The van der Waals surface area contributed by atoms with E-state index in [9.17, 15) is 13.2 Å². The van der Waals surface area contributed by atoms with Crippen LogP contribution in [0.4, 0.5) is 13.2 Å². The fourth-order valence-electron chi connectivity index (χ4n) is 2.09. The van der Waals surface area contributed by atoms with E-state index in [-0.39, 0.29) is 5.41 Å². The van der Waals surface area contributed by atoms with Crippen LogP contribution in [-0.2, 0) is 11.6 Å². The van der Waals surface area contributed by atoms with Crippen LogP contribution in [0.3, 0.4) is 0 Å². The number of halogens is 3. The van der Waals surface area contributed by atoms with Gasteiger partial charge in [0.2, 0.25) is 0 Å². The molecule has 0 aromatic heterocycles. The lowest BCUT2D eigenvalue weighted by Crippen LogP contribution is -2.14. The van der Waals surface area contributed by atoms with Gasteiger partial charge in [0, 0.05) is 0 Å². The maximum Gasteiger partial charge on any atom is 0.416 e. The molecular weight excluding hydrogens is 237 g/mol. The van der Waals surface area contributed by atoms with Gasteiger partial charge in [-0.2, -0.15) is 13.2 Å². The maximum atomic E-state index is 12.9. The first-order valence-corrected chi connectivity index (χ1v) is 5.80. The number of alkyl halides is 3. The van der Waals surface area contributed by atoms with Crippen molar-refractivity contribution in [3.63, 3.8) is 0 Å². The fraction of sp³-hybridized carbons (Fsp3) is 0.333. The molecule has 0 N–H and O–H groups in total. The number of fused-ring (bicyclic) bond motifs is 1. The van der Waals surface area contributed by atoms with Gasteiger partial charge in [0.25, 0.3) is 0 Å². The molecule has 0 aliphatic rings. The van der Waals surface area contributed by atoms with Gasteiger partial charge in [0.1, 0.15) is 0 Å². The van der Waals surface area contributed by atoms with E-state index >= 15 is 0 Å². The molecule has 0 amide bonds. The highest BCUT2D eigenvalue weighted by Crippen LogP contribution is 2.37. The van der Waals surface area contributed by atoms with Gasteiger partial charge in [0.05, 0.1) is 5.56 Å². The van der Waals surface area contributed by atoms with Crippen molar-refractivity contribution in [2.75, 3.05) is 0 Å². The molecule has 0 spiro atoms. The van der Waals surface area contributed by atoms with Gasteiger partial charge in [-0.25, -0.2) is 0 Å². The summed E-state index contributed by atoms with van der Waals surface area (Å²) >= 11 is 0. The lowest BCUT2D eigenvalue weighted by atomic mass is 9.82. The van der Waals surface area contributed by atoms with Crippen LogP contribution in [0.15, 0.2) is 36.4 Å². The molecule has 2 aromatic rings. The molecule has 2 aromatic carbocycles. The Labute approximate surface area is 104 Å². The van der Waals surface area contributed by atoms with Gasteiger partial charge in [-0.05, 0) is 33.9 Å². The van der Waals surface area contributed by atoms with E-state index in [2.05, 4.69) is 0 Å². The Bertz CT molecular complexity index is 574. The first-order chi connectivity index (χ1) is 8.19. The Morgan fingerprint density at radius 2 is 1.50 bits per heavy atom. The third-order valence-electron chi connectivity index (χ3n) is 3.00. The second kappa shape index (κ2) is 4.01. The number of hydrogen-bond donors (Lipinski definition) is 0. The van der Waals surface area contributed by atoms with Gasteiger partial charge in [-0.15, -0.1) is 0 Å². The second-order valence-electron chi connectivity index (χ2n) is 5.49. The topological polar surface area (TPSA) is 0 Å². The number of hydrogen-bond acceptors (Lipinski definition) is 0. The first kappa shape index (κ1) is 12.9. The second-order valence-corrected chi connectivity index (χ2v) is 5.49. The van der Waals surface area contributed by atoms with Crippen molar-refractivity contribution in [1.82, 2.24) is 0 Å². The number of rotatable bonds is 0. The highest BCUT2D eigenvalue weighted by Gasteiger charge is 2.32. The predicted molar refractivity (Wildman–Crippen MR) is 67.7 cm³/mol. The van der Waals surface area contributed by atoms with Crippen LogP contribution in [-0.4, -0.2) is 0 Å². The zero-order valence-corrected chi connectivity index (χ0v) is 10.6. The zero-order chi connectivity index (χ0) is 13.6. The summed E-state index contributed by atoms with van der Waals surface area (Å²) in [6.07, 6.45) is -4.30. The molecular formula is C15H15F3. The van der Waals surface area contributed by atoms with Crippen LogP contribution < -0.4 is 0 Å². The van der Waals surface area contributed by atoms with E-state index in [1.165, 1.54) is 12.1 Å². The van der Waals surface area contributed by atoms with Gasteiger partial charge >= 0.3 is 6.18 Å². The summed E-state index contributed by atoms with van der Waals surface area (Å²) in [5, 5.41) is 1.52. The SMILES string of the molecule is CC(C)(C)c1cc(C(F)(F)F)cc2ccccc12. The van der Waals surface area contributed by atoms with Crippen LogP contribution in [0.5, 0.6) is 0 Å². The van der Waals surface area contributed by atoms with Crippen LogP contribution in [0.2, 0.25) is 0 Å². The molecule has 0 nitrogen and oxygen atoms in total. The third kappa shape index (κ3) is 2.35. The summed E-state index contributed by atoms with van der Waals surface area (Å²) in [5.74, 6) is 0. The van der Waals surface area contributed by atoms with Crippen molar-refractivity contribution in [1.29, 1.82) is 0 Å². The Kier molecular flexibility index (Phi) is 2.88. The summed E-state index contributed by atoms with van der Waals surface area (Å²) < 4.78 is 38.7. The van der Waals surface area contributed by atoms with Gasteiger partial charge in [-0.3, -0.25) is 0 Å². The molecule has 0 saturated heterocycles. The lowest BCUT2D eigenvalue weighted by molar-refractivity contribution is -0.137. The Morgan fingerprint density at radius 3 is 2.06 bits per heavy atom. The summed E-state index contributed by atoms with van der Waals surface area (Å²) in [5.41, 5.74) is -0.167. The quantitative estimate of drug-likeness (QED) is 0.607. The van der Waals surface area contributed by atoms with E-state index in [0.29, 0.717) is 5.39 Å². The zero-order valence-electron chi connectivity index (χ0n) is 10.6. The van der Waals surface area contributed by atoms with Gasteiger partial charge in [-0.1, -0.05) is 45.0 Å². The minimum Gasteiger partial charge on any atom is -0.166 e. The Hall–Kier alpha value is -1.51. The molecule has 0 atom stereocenters. The van der Waals surface area contributed by atoms with Crippen molar-refractivity contribution in [3.05, 3.63) is 47.5 Å². The molecule has 0 fully saturated rings. The van der Waals surface area contributed by atoms with E-state index in [1.54, 1.807) is 12.1 Å². The van der Waals surface area contributed by atoms with Crippen molar-refractivity contribution < 1.29 is 13.2 Å². The largest absolute Gasteiger partial charge is 0.416 e. The third-order valence-corrected chi connectivity index (χ3v) is 3.00. The highest BCUT2D eigenvalue weighted by atomic mass is 19.4. The van der Waals surface area contributed by atoms with Crippen LogP contribution in [0, 0.1) is 0 Å². The average molecular weight is 252 g/mol. The summed E-state index contributed by atoms with van der Waals surface area (Å²) in [4.78, 5) is 0. The van der Waals surface area contributed by atoms with Crippen LogP contribution >= 0.6 is 0 Å². The summed E-state index contributed by atoms with van der Waals surface area (Å²) in [6.45, 7) is 5.78. The van der Waals surface area contributed by atoms with E-state index in [1.807, 2.05) is 32.9 Å². The average Bonchev–Trinajstić information content (AvgIpc) is 2.25. The molecule has 0 aliphatic carbocycles. The smallest absolute Gasteiger partial charge is 0.166 e. The van der Waals surface area contributed by atoms with Crippen LogP contribution in [0.25, 0.3) is 10.8 Å². The Balaban J connectivity index is 2.81. The minimum atomic E-state index is -4.30. The molecule has 96 valence electrons. The fourth-order valence-corrected chi connectivity index (χ4v) is 2.09. The minimum absolute atomic E-state index is 0.319.